The standard InChI is InChI=1S/C21H34N2O5/c1-4-6-10-19(26)28-15-21(11-7-8-12-21)23-20(27)17(9-5-2)13-18(25)22-16(3)14-24/h4-5,16-17,24H,1-2,6-15H2,3H3,(H,22,25)(H,23,27)/t16-,17+/m0/s1. The largest absolute Gasteiger partial charge is 0.463 e. The van der Waals surface area contributed by atoms with E-state index < -0.39 is 11.5 Å². The first-order valence-electron chi connectivity index (χ1n) is 9.95. The van der Waals surface area contributed by atoms with Crippen molar-refractivity contribution in [3.63, 3.8) is 0 Å². The second-order valence-corrected chi connectivity index (χ2v) is 7.54. The number of amides is 2. The van der Waals surface area contributed by atoms with Gasteiger partial charge in [-0.3, -0.25) is 14.4 Å². The quantitative estimate of drug-likeness (QED) is 0.327. The van der Waals surface area contributed by atoms with E-state index in [9.17, 15) is 14.4 Å². The summed E-state index contributed by atoms with van der Waals surface area (Å²) in [5.74, 6) is -1.40. The van der Waals surface area contributed by atoms with E-state index in [2.05, 4.69) is 23.8 Å². The smallest absolute Gasteiger partial charge is 0.306 e. The molecule has 0 radical (unpaired) electrons. The third-order valence-corrected chi connectivity index (χ3v) is 4.95. The molecule has 2 atom stereocenters. The Kier molecular flexibility index (Phi) is 10.5. The van der Waals surface area contributed by atoms with Gasteiger partial charge >= 0.3 is 5.97 Å². The van der Waals surface area contributed by atoms with Crippen molar-refractivity contribution in [3.05, 3.63) is 25.3 Å². The first kappa shape index (κ1) is 23.9. The zero-order valence-corrected chi connectivity index (χ0v) is 16.9. The zero-order chi connectivity index (χ0) is 21.0. The van der Waals surface area contributed by atoms with Gasteiger partial charge in [0.05, 0.1) is 18.1 Å². The molecule has 28 heavy (non-hydrogen) atoms. The SMILES string of the molecule is C=CCCC(=O)OCC1(NC(=O)[C@H](CC=C)CC(=O)N[C@@H](C)CO)CCCC1. The Morgan fingerprint density at radius 2 is 1.89 bits per heavy atom. The predicted molar refractivity (Wildman–Crippen MR) is 107 cm³/mol. The summed E-state index contributed by atoms with van der Waals surface area (Å²) in [6, 6.07) is -0.365. The molecule has 0 aromatic rings. The van der Waals surface area contributed by atoms with Gasteiger partial charge in [-0.2, -0.15) is 0 Å². The van der Waals surface area contributed by atoms with E-state index in [0.717, 1.165) is 25.7 Å². The van der Waals surface area contributed by atoms with E-state index in [0.29, 0.717) is 12.8 Å². The van der Waals surface area contributed by atoms with Gasteiger partial charge in [-0.25, -0.2) is 0 Å². The highest BCUT2D eigenvalue weighted by molar-refractivity contribution is 5.86. The molecule has 7 nitrogen and oxygen atoms in total. The van der Waals surface area contributed by atoms with Crippen molar-refractivity contribution in [1.82, 2.24) is 10.6 Å². The van der Waals surface area contributed by atoms with Crippen LogP contribution in [0, 0.1) is 5.92 Å². The molecule has 0 saturated heterocycles. The molecule has 0 aliphatic heterocycles. The molecule has 7 heteroatoms. The van der Waals surface area contributed by atoms with Crippen molar-refractivity contribution in [2.45, 2.75) is 69.9 Å². The molecule has 0 unspecified atom stereocenters. The van der Waals surface area contributed by atoms with Crippen LogP contribution in [0.1, 0.15) is 58.3 Å². The van der Waals surface area contributed by atoms with E-state index >= 15 is 0 Å². The van der Waals surface area contributed by atoms with Crippen molar-refractivity contribution < 1.29 is 24.2 Å². The van der Waals surface area contributed by atoms with Crippen LogP contribution >= 0.6 is 0 Å². The number of aliphatic hydroxyl groups is 1. The van der Waals surface area contributed by atoms with Crippen LogP contribution in [0.2, 0.25) is 0 Å². The van der Waals surface area contributed by atoms with Crippen molar-refractivity contribution in [3.8, 4) is 0 Å². The predicted octanol–water partition coefficient (Wildman–Crippen LogP) is 2.00. The number of ether oxygens (including phenoxy) is 1. The fourth-order valence-corrected chi connectivity index (χ4v) is 3.32. The highest BCUT2D eigenvalue weighted by Gasteiger charge is 2.38. The molecule has 0 aromatic carbocycles. The Morgan fingerprint density at radius 3 is 2.46 bits per heavy atom. The fourth-order valence-electron chi connectivity index (χ4n) is 3.32. The third kappa shape index (κ3) is 8.25. The van der Waals surface area contributed by atoms with Crippen LogP contribution in [0.4, 0.5) is 0 Å². The van der Waals surface area contributed by atoms with Crippen molar-refractivity contribution in [1.29, 1.82) is 0 Å². The molecule has 2 amide bonds. The topological polar surface area (TPSA) is 105 Å². The number of nitrogens with one attached hydrogen (secondary N) is 2. The molecular weight excluding hydrogens is 360 g/mol. The molecule has 158 valence electrons. The molecule has 1 fully saturated rings. The van der Waals surface area contributed by atoms with Crippen LogP contribution in [-0.4, -0.2) is 47.7 Å². The van der Waals surface area contributed by atoms with Gasteiger partial charge in [0.2, 0.25) is 11.8 Å². The van der Waals surface area contributed by atoms with Gasteiger partial charge in [0.25, 0.3) is 0 Å². The molecule has 0 aromatic heterocycles. The maximum atomic E-state index is 12.9. The number of allylic oxidation sites excluding steroid dienone is 2. The van der Waals surface area contributed by atoms with Crippen LogP contribution in [0.15, 0.2) is 25.3 Å². The highest BCUT2D eigenvalue weighted by Crippen LogP contribution is 2.31. The lowest BCUT2D eigenvalue weighted by atomic mass is 9.94. The van der Waals surface area contributed by atoms with Crippen LogP contribution in [0.25, 0.3) is 0 Å². The summed E-state index contributed by atoms with van der Waals surface area (Å²) in [5, 5.41) is 14.8. The normalized spacial score (nSPS) is 17.2. The second-order valence-electron chi connectivity index (χ2n) is 7.54. The Hall–Kier alpha value is -2.15. The molecule has 1 rings (SSSR count). The molecule has 1 saturated carbocycles. The number of carbonyl (C=O) groups is 3. The lowest BCUT2D eigenvalue weighted by molar-refractivity contribution is -0.147. The van der Waals surface area contributed by atoms with Gasteiger partial charge in [0.1, 0.15) is 6.61 Å². The average molecular weight is 395 g/mol. The van der Waals surface area contributed by atoms with Gasteiger partial charge in [-0.05, 0) is 32.6 Å². The number of esters is 1. The van der Waals surface area contributed by atoms with Gasteiger partial charge in [-0.1, -0.05) is 25.0 Å². The minimum Gasteiger partial charge on any atom is -0.463 e. The summed E-state index contributed by atoms with van der Waals surface area (Å²) < 4.78 is 5.39. The second kappa shape index (κ2) is 12.3. The van der Waals surface area contributed by atoms with Crippen molar-refractivity contribution in [2.75, 3.05) is 13.2 Å². The lowest BCUT2D eigenvalue weighted by Gasteiger charge is -2.31. The molecule has 0 spiro atoms. The monoisotopic (exact) mass is 394 g/mol. The zero-order valence-electron chi connectivity index (χ0n) is 16.9. The molecular formula is C21H34N2O5. The summed E-state index contributed by atoms with van der Waals surface area (Å²) in [5.41, 5.74) is -0.574. The maximum absolute atomic E-state index is 12.9. The number of rotatable bonds is 13. The summed E-state index contributed by atoms with van der Waals surface area (Å²) in [6.07, 6.45) is 7.86. The van der Waals surface area contributed by atoms with Crippen LogP contribution < -0.4 is 10.6 Å². The number of carbonyl (C=O) groups excluding carboxylic acids is 3. The molecule has 0 bridgehead atoms. The summed E-state index contributed by atoms with van der Waals surface area (Å²) >= 11 is 0. The van der Waals surface area contributed by atoms with E-state index in [4.69, 9.17) is 9.84 Å². The van der Waals surface area contributed by atoms with E-state index in [-0.39, 0.29) is 49.9 Å². The fraction of sp³-hybridized carbons (Fsp3) is 0.667. The van der Waals surface area contributed by atoms with Crippen molar-refractivity contribution in [2.24, 2.45) is 5.92 Å². The number of hydrogen-bond acceptors (Lipinski definition) is 5. The first-order chi connectivity index (χ1) is 13.4. The van der Waals surface area contributed by atoms with E-state index in [1.165, 1.54) is 0 Å². The van der Waals surface area contributed by atoms with Gasteiger partial charge in [0, 0.05) is 18.9 Å². The number of aliphatic hydroxyl groups excluding tert-OH is 1. The van der Waals surface area contributed by atoms with Gasteiger partial charge in [-0.15, -0.1) is 13.2 Å². The first-order valence-corrected chi connectivity index (χ1v) is 9.95. The van der Waals surface area contributed by atoms with Crippen molar-refractivity contribution >= 4 is 17.8 Å². The lowest BCUT2D eigenvalue weighted by Crippen LogP contribution is -2.52. The molecule has 0 heterocycles. The van der Waals surface area contributed by atoms with E-state index in [1.54, 1.807) is 19.1 Å². The van der Waals surface area contributed by atoms with Crippen LogP contribution in [0.5, 0.6) is 0 Å². The Labute approximate surface area is 167 Å². The van der Waals surface area contributed by atoms with Crippen LogP contribution in [0.3, 0.4) is 0 Å². The van der Waals surface area contributed by atoms with Gasteiger partial charge < -0.3 is 20.5 Å². The third-order valence-electron chi connectivity index (χ3n) is 4.95. The Bertz CT molecular complexity index is 555. The highest BCUT2D eigenvalue weighted by atomic mass is 16.5. The van der Waals surface area contributed by atoms with E-state index in [1.807, 2.05) is 0 Å². The molecule has 1 aliphatic rings. The Morgan fingerprint density at radius 1 is 1.21 bits per heavy atom. The van der Waals surface area contributed by atoms with Crippen LogP contribution in [-0.2, 0) is 19.1 Å². The maximum Gasteiger partial charge on any atom is 0.306 e. The Balaban J connectivity index is 2.70. The summed E-state index contributed by atoms with van der Waals surface area (Å²) in [4.78, 5) is 36.8. The summed E-state index contributed by atoms with van der Waals surface area (Å²) in [6.45, 7) is 8.93. The minimum atomic E-state index is -0.574. The number of hydrogen-bond donors (Lipinski definition) is 3. The molecule has 1 aliphatic carbocycles. The molecule has 3 N–H and O–H groups in total. The average Bonchev–Trinajstić information content (AvgIpc) is 3.12. The minimum absolute atomic E-state index is 0.0113. The van der Waals surface area contributed by atoms with Gasteiger partial charge in [0.15, 0.2) is 0 Å². The summed E-state index contributed by atoms with van der Waals surface area (Å²) in [7, 11) is 0.